The molecule has 4 rings (SSSR count). The molecule has 1 unspecified atom stereocenters. The van der Waals surface area contributed by atoms with Gasteiger partial charge in [0, 0.05) is 48.5 Å². The number of likely N-dealkylation sites (tertiary alicyclic amines) is 1. The van der Waals surface area contributed by atoms with Crippen molar-refractivity contribution < 1.29 is 19.4 Å². The Kier molecular flexibility index (Phi) is 7.11. The summed E-state index contributed by atoms with van der Waals surface area (Å²) in [4.78, 5) is 49.2. The van der Waals surface area contributed by atoms with Crippen molar-refractivity contribution in [3.8, 4) is 0 Å². The number of amides is 1. The number of hydrogen-bond acceptors (Lipinski definition) is 7. The third kappa shape index (κ3) is 5.67. The number of nitrogens with one attached hydrogen (secondary N) is 1. The molecular formula is C25H24N4O6. The Morgan fingerprint density at radius 1 is 0.914 bits per heavy atom. The number of nitrogens with zero attached hydrogens (tertiary/aromatic N) is 3. The summed E-state index contributed by atoms with van der Waals surface area (Å²) in [5.74, 6) is -0.280. The van der Waals surface area contributed by atoms with Gasteiger partial charge in [-0.2, -0.15) is 0 Å². The summed E-state index contributed by atoms with van der Waals surface area (Å²) in [6, 6.07) is 11.5. The van der Waals surface area contributed by atoms with E-state index in [0.29, 0.717) is 35.2 Å². The largest absolute Gasteiger partial charge is 0.337 e. The first-order chi connectivity index (χ1) is 16.8. The van der Waals surface area contributed by atoms with Crippen LogP contribution in [0.3, 0.4) is 0 Å². The van der Waals surface area contributed by atoms with Crippen LogP contribution < -0.4 is 5.32 Å². The lowest BCUT2D eigenvalue weighted by Gasteiger charge is -2.24. The number of carbonyl (C=O) groups excluding carboxylic acids is 2. The first-order valence-corrected chi connectivity index (χ1v) is 11.3. The monoisotopic (exact) mass is 476 g/mol. The fourth-order valence-electron chi connectivity index (χ4n) is 4.27. The quantitative estimate of drug-likeness (QED) is 0.396. The minimum atomic E-state index is -0.492. The Labute approximate surface area is 201 Å². The maximum Gasteiger partial charge on any atom is 0.269 e. The number of rotatable bonds is 5. The van der Waals surface area contributed by atoms with Crippen molar-refractivity contribution in [2.75, 3.05) is 19.6 Å². The zero-order chi connectivity index (χ0) is 24.9. The van der Waals surface area contributed by atoms with Gasteiger partial charge in [-0.25, -0.2) is 0 Å². The molecule has 1 N–H and O–H groups in total. The van der Waals surface area contributed by atoms with Gasteiger partial charge in [-0.1, -0.05) is 0 Å². The molecule has 2 aromatic carbocycles. The van der Waals surface area contributed by atoms with Crippen molar-refractivity contribution in [1.82, 2.24) is 10.2 Å². The number of hydrogen-bond donors (Lipinski definition) is 1. The number of nitro groups is 2. The lowest BCUT2D eigenvalue weighted by atomic mass is 9.98. The summed E-state index contributed by atoms with van der Waals surface area (Å²) >= 11 is 0. The SMILES string of the molecule is O=C1/C(=C/c2ccc([N+](=O)[O-])cc2)CCN(C(=O)C2CCCN2)C/C1=C\c1ccc([N+](=O)[O-])cc1. The van der Waals surface area contributed by atoms with Crippen LogP contribution in [0.5, 0.6) is 0 Å². The number of ketones is 1. The fourth-order valence-corrected chi connectivity index (χ4v) is 4.27. The maximum absolute atomic E-state index is 13.5. The van der Waals surface area contributed by atoms with Crippen LogP contribution in [0.1, 0.15) is 30.4 Å². The van der Waals surface area contributed by atoms with Gasteiger partial charge in [0.25, 0.3) is 11.4 Å². The van der Waals surface area contributed by atoms with Crippen LogP contribution in [0, 0.1) is 20.2 Å². The van der Waals surface area contributed by atoms with Gasteiger partial charge in [0.1, 0.15) is 0 Å². The molecule has 0 spiro atoms. The van der Waals surface area contributed by atoms with Gasteiger partial charge in [0.05, 0.1) is 15.9 Å². The highest BCUT2D eigenvalue weighted by molar-refractivity contribution is 6.14. The number of nitro benzene ring substituents is 2. The molecular weight excluding hydrogens is 452 g/mol. The van der Waals surface area contributed by atoms with Crippen molar-refractivity contribution in [3.05, 3.63) is 91.0 Å². The van der Waals surface area contributed by atoms with Gasteiger partial charge < -0.3 is 10.2 Å². The summed E-state index contributed by atoms with van der Waals surface area (Å²) in [7, 11) is 0. The third-order valence-corrected chi connectivity index (χ3v) is 6.16. The number of Topliss-reactive ketones (excluding diaryl/α,β-unsaturated/α-hetero) is 1. The number of carbonyl (C=O) groups is 2. The second kappa shape index (κ2) is 10.4. The predicted octanol–water partition coefficient (Wildman–Crippen LogP) is 3.52. The van der Waals surface area contributed by atoms with Crippen molar-refractivity contribution in [2.45, 2.75) is 25.3 Å². The van der Waals surface area contributed by atoms with Gasteiger partial charge in [0.15, 0.2) is 5.78 Å². The van der Waals surface area contributed by atoms with Gasteiger partial charge in [-0.3, -0.25) is 29.8 Å². The molecule has 180 valence electrons. The van der Waals surface area contributed by atoms with Gasteiger partial charge in [-0.15, -0.1) is 0 Å². The molecule has 1 amide bonds. The van der Waals surface area contributed by atoms with E-state index in [1.54, 1.807) is 41.3 Å². The Hall–Kier alpha value is -4.18. The topological polar surface area (TPSA) is 136 Å². The summed E-state index contributed by atoms with van der Waals surface area (Å²) in [6.07, 6.45) is 5.35. The minimum absolute atomic E-state index is 0.0427. The zero-order valence-electron chi connectivity index (χ0n) is 18.9. The first kappa shape index (κ1) is 24.0. The smallest absolute Gasteiger partial charge is 0.269 e. The van der Waals surface area contributed by atoms with Gasteiger partial charge in [-0.05, 0) is 73.4 Å². The summed E-state index contributed by atoms with van der Waals surface area (Å²) < 4.78 is 0. The molecule has 1 atom stereocenters. The normalized spacial score (nSPS) is 20.7. The van der Waals surface area contributed by atoms with Crippen LogP contribution >= 0.6 is 0 Å². The van der Waals surface area contributed by atoms with Crippen molar-refractivity contribution >= 4 is 35.2 Å². The van der Waals surface area contributed by atoms with Gasteiger partial charge in [0.2, 0.25) is 5.91 Å². The Bertz CT molecular complexity index is 1210. The third-order valence-electron chi connectivity index (χ3n) is 6.16. The Morgan fingerprint density at radius 2 is 1.46 bits per heavy atom. The van der Waals surface area contributed by atoms with E-state index < -0.39 is 9.85 Å². The fraction of sp³-hybridized carbons (Fsp3) is 0.280. The molecule has 0 aromatic heterocycles. The van der Waals surface area contributed by atoms with E-state index in [4.69, 9.17) is 0 Å². The van der Waals surface area contributed by atoms with Crippen LogP contribution in [-0.2, 0) is 9.59 Å². The lowest BCUT2D eigenvalue weighted by Crippen LogP contribution is -2.44. The standard InChI is InChI=1S/C25H24N4O6/c30-24-19(14-17-3-7-21(8-4-17)28(32)33)11-13-27(25(31)23-2-1-12-26-23)16-20(24)15-18-5-9-22(10-6-18)29(34)35/h3-10,14-15,23,26H,1-2,11-13,16H2/b19-14+,20-15+. The molecule has 0 radical (unpaired) electrons. The summed E-state index contributed by atoms with van der Waals surface area (Å²) in [5.41, 5.74) is 2.05. The highest BCUT2D eigenvalue weighted by atomic mass is 16.6. The highest BCUT2D eigenvalue weighted by Crippen LogP contribution is 2.25. The second-order valence-corrected chi connectivity index (χ2v) is 8.52. The van der Waals surface area contributed by atoms with Gasteiger partial charge >= 0.3 is 0 Å². The molecule has 2 aliphatic heterocycles. The molecule has 2 heterocycles. The van der Waals surface area contributed by atoms with Crippen LogP contribution in [0.4, 0.5) is 11.4 Å². The minimum Gasteiger partial charge on any atom is -0.337 e. The molecule has 2 saturated heterocycles. The highest BCUT2D eigenvalue weighted by Gasteiger charge is 2.31. The Balaban J connectivity index is 1.67. The van der Waals surface area contributed by atoms with Crippen molar-refractivity contribution in [3.63, 3.8) is 0 Å². The first-order valence-electron chi connectivity index (χ1n) is 11.3. The van der Waals surface area contributed by atoms with Crippen molar-refractivity contribution in [2.24, 2.45) is 0 Å². The molecule has 2 aromatic rings. The van der Waals surface area contributed by atoms with E-state index in [0.717, 1.165) is 19.4 Å². The van der Waals surface area contributed by atoms with E-state index in [1.807, 2.05) is 0 Å². The average molecular weight is 476 g/mol. The molecule has 0 aliphatic carbocycles. The van der Waals surface area contributed by atoms with E-state index >= 15 is 0 Å². The van der Waals surface area contributed by atoms with Crippen LogP contribution in [0.25, 0.3) is 12.2 Å². The van der Waals surface area contributed by atoms with Crippen LogP contribution in [0.15, 0.2) is 59.7 Å². The molecule has 10 heteroatoms. The molecule has 0 saturated carbocycles. The maximum atomic E-state index is 13.5. The van der Waals surface area contributed by atoms with Crippen LogP contribution in [0.2, 0.25) is 0 Å². The molecule has 10 nitrogen and oxygen atoms in total. The molecule has 0 bridgehead atoms. The van der Waals surface area contributed by atoms with Crippen molar-refractivity contribution in [1.29, 1.82) is 0 Å². The summed E-state index contributed by atoms with van der Waals surface area (Å²) in [6.45, 7) is 1.27. The predicted molar refractivity (Wildman–Crippen MR) is 129 cm³/mol. The molecule has 2 fully saturated rings. The number of non-ortho nitro benzene ring substituents is 2. The molecule has 2 aliphatic rings. The van der Waals surface area contributed by atoms with E-state index in [1.165, 1.54) is 24.3 Å². The van der Waals surface area contributed by atoms with E-state index in [-0.39, 0.29) is 35.7 Å². The number of benzene rings is 2. The molecule has 35 heavy (non-hydrogen) atoms. The van der Waals surface area contributed by atoms with E-state index in [2.05, 4.69) is 5.32 Å². The van der Waals surface area contributed by atoms with E-state index in [9.17, 15) is 29.8 Å². The summed E-state index contributed by atoms with van der Waals surface area (Å²) in [5, 5.41) is 25.1. The zero-order valence-corrected chi connectivity index (χ0v) is 18.9. The second-order valence-electron chi connectivity index (χ2n) is 8.52. The Morgan fingerprint density at radius 3 is 1.94 bits per heavy atom. The lowest BCUT2D eigenvalue weighted by molar-refractivity contribution is -0.385. The average Bonchev–Trinajstić information content (AvgIpc) is 3.35. The van der Waals surface area contributed by atoms with Crippen LogP contribution in [-0.4, -0.2) is 52.1 Å².